The Bertz CT molecular complexity index is 913. The van der Waals surface area contributed by atoms with Gasteiger partial charge in [-0.2, -0.15) is 0 Å². The van der Waals surface area contributed by atoms with E-state index in [1.165, 1.54) is 0 Å². The lowest BCUT2D eigenvalue weighted by atomic mass is 9.72. The summed E-state index contributed by atoms with van der Waals surface area (Å²) in [4.78, 5) is 15.6. The third-order valence-electron chi connectivity index (χ3n) is 5.65. The van der Waals surface area contributed by atoms with E-state index < -0.39 is 5.41 Å². The van der Waals surface area contributed by atoms with Gasteiger partial charge in [0.05, 0.1) is 12.0 Å². The number of piperidine rings is 1. The number of aromatic nitrogens is 1. The van der Waals surface area contributed by atoms with Gasteiger partial charge in [-0.3, -0.25) is 4.79 Å². The van der Waals surface area contributed by atoms with Crippen LogP contribution in [-0.2, 0) is 16.8 Å². The smallest absolute Gasteiger partial charge is 0.231 e. The summed E-state index contributed by atoms with van der Waals surface area (Å²) < 4.78 is 5.44. The molecule has 0 saturated carbocycles. The Labute approximate surface area is 165 Å². The quantitative estimate of drug-likeness (QED) is 0.740. The van der Waals surface area contributed by atoms with E-state index in [2.05, 4.69) is 34.6 Å². The maximum absolute atomic E-state index is 13.3. The van der Waals surface area contributed by atoms with Crippen molar-refractivity contribution in [3.05, 3.63) is 78.1 Å². The highest BCUT2D eigenvalue weighted by atomic mass is 16.5. The lowest BCUT2D eigenvalue weighted by Crippen LogP contribution is -2.50. The first-order valence-electron chi connectivity index (χ1n) is 9.71. The molecule has 1 N–H and O–H groups in total. The highest BCUT2D eigenvalue weighted by Gasteiger charge is 2.42. The van der Waals surface area contributed by atoms with Crippen molar-refractivity contribution >= 4 is 5.91 Å². The van der Waals surface area contributed by atoms with Crippen LogP contribution in [0.25, 0.3) is 11.3 Å². The largest absolute Gasteiger partial charge is 0.359 e. The van der Waals surface area contributed by atoms with Crippen LogP contribution in [0.3, 0.4) is 0 Å². The fourth-order valence-electron chi connectivity index (χ4n) is 3.88. The van der Waals surface area contributed by atoms with Gasteiger partial charge in [-0.1, -0.05) is 65.8 Å². The topological polar surface area (TPSA) is 58.4 Å². The average molecular weight is 375 g/mol. The molecule has 1 aromatic heterocycles. The van der Waals surface area contributed by atoms with Crippen molar-refractivity contribution in [2.45, 2.75) is 24.8 Å². The molecule has 1 amide bonds. The summed E-state index contributed by atoms with van der Waals surface area (Å²) in [5, 5.41) is 7.23. The van der Waals surface area contributed by atoms with E-state index in [-0.39, 0.29) is 5.91 Å². The zero-order valence-electron chi connectivity index (χ0n) is 16.1. The summed E-state index contributed by atoms with van der Waals surface area (Å²) >= 11 is 0. The molecule has 5 heteroatoms. The van der Waals surface area contributed by atoms with Gasteiger partial charge in [0.25, 0.3) is 0 Å². The summed E-state index contributed by atoms with van der Waals surface area (Å²) in [5.74, 6) is 0.716. The molecule has 0 atom stereocenters. The first-order chi connectivity index (χ1) is 13.7. The van der Waals surface area contributed by atoms with Crippen molar-refractivity contribution in [3.63, 3.8) is 0 Å². The number of likely N-dealkylation sites (tertiary alicyclic amines) is 1. The molecule has 1 aliphatic heterocycles. The van der Waals surface area contributed by atoms with Crippen molar-refractivity contribution in [3.8, 4) is 11.3 Å². The molecule has 2 aromatic carbocycles. The highest BCUT2D eigenvalue weighted by Crippen LogP contribution is 2.35. The Kier molecular flexibility index (Phi) is 5.26. The molecule has 0 bridgehead atoms. The van der Waals surface area contributed by atoms with Crippen LogP contribution in [0.4, 0.5) is 0 Å². The van der Waals surface area contributed by atoms with E-state index >= 15 is 0 Å². The first-order valence-corrected chi connectivity index (χ1v) is 9.71. The van der Waals surface area contributed by atoms with Gasteiger partial charge >= 0.3 is 0 Å². The molecule has 3 aromatic rings. The molecule has 4 rings (SSSR count). The highest BCUT2D eigenvalue weighted by molar-refractivity contribution is 5.88. The third-order valence-corrected chi connectivity index (χ3v) is 5.65. The van der Waals surface area contributed by atoms with Crippen LogP contribution < -0.4 is 5.32 Å². The molecule has 0 spiro atoms. The number of carbonyl (C=O) groups is 1. The van der Waals surface area contributed by atoms with E-state index in [0.717, 1.165) is 42.8 Å². The van der Waals surface area contributed by atoms with Crippen LogP contribution in [0.2, 0.25) is 0 Å². The Hall–Kier alpha value is -2.92. The Morgan fingerprint density at radius 3 is 2.39 bits per heavy atom. The third kappa shape index (κ3) is 3.71. The minimum atomic E-state index is -0.490. The van der Waals surface area contributed by atoms with Gasteiger partial charge < -0.3 is 14.7 Å². The molecule has 1 saturated heterocycles. The maximum atomic E-state index is 13.3. The van der Waals surface area contributed by atoms with E-state index in [1.54, 1.807) is 0 Å². The van der Waals surface area contributed by atoms with Crippen LogP contribution in [0, 0.1) is 0 Å². The number of rotatable bonds is 5. The maximum Gasteiger partial charge on any atom is 0.231 e. The fraction of sp³-hybridized carbons (Fsp3) is 0.304. The Balaban J connectivity index is 1.49. The van der Waals surface area contributed by atoms with Crippen molar-refractivity contribution in [1.82, 2.24) is 15.4 Å². The molecule has 144 valence electrons. The first kappa shape index (κ1) is 18.4. The molecular weight excluding hydrogens is 350 g/mol. The van der Waals surface area contributed by atoms with Crippen LogP contribution in [0.15, 0.2) is 71.3 Å². The van der Waals surface area contributed by atoms with Crippen molar-refractivity contribution in [2.24, 2.45) is 0 Å². The molecule has 1 aliphatic rings. The van der Waals surface area contributed by atoms with E-state index in [0.29, 0.717) is 12.3 Å². The van der Waals surface area contributed by atoms with Crippen LogP contribution in [-0.4, -0.2) is 36.1 Å². The van der Waals surface area contributed by atoms with Crippen molar-refractivity contribution in [1.29, 1.82) is 0 Å². The van der Waals surface area contributed by atoms with Gasteiger partial charge in [0.2, 0.25) is 5.91 Å². The van der Waals surface area contributed by atoms with Gasteiger partial charge in [0.1, 0.15) is 5.69 Å². The molecule has 28 heavy (non-hydrogen) atoms. The number of nitrogens with one attached hydrogen (secondary N) is 1. The van der Waals surface area contributed by atoms with E-state index in [4.69, 9.17) is 4.52 Å². The predicted molar refractivity (Wildman–Crippen MR) is 109 cm³/mol. The summed E-state index contributed by atoms with van der Waals surface area (Å²) in [6.07, 6.45) is 1.62. The number of hydrogen-bond donors (Lipinski definition) is 1. The molecular formula is C23H25N3O2. The molecule has 0 unspecified atom stereocenters. The van der Waals surface area contributed by atoms with E-state index in [1.807, 2.05) is 54.6 Å². The number of nitrogens with zero attached hydrogens (tertiary/aromatic N) is 2. The summed E-state index contributed by atoms with van der Waals surface area (Å²) in [5.41, 5.74) is 2.38. The minimum absolute atomic E-state index is 0.0597. The second-order valence-corrected chi connectivity index (χ2v) is 7.48. The molecule has 1 fully saturated rings. The Morgan fingerprint density at radius 2 is 1.71 bits per heavy atom. The molecule has 2 heterocycles. The van der Waals surface area contributed by atoms with E-state index in [9.17, 15) is 4.79 Å². The SMILES string of the molecule is CN1CCC(C(=O)NCc2cc(-c3ccccc3)no2)(c2ccccc2)CC1. The Morgan fingerprint density at radius 1 is 1.07 bits per heavy atom. The monoisotopic (exact) mass is 375 g/mol. The molecule has 5 nitrogen and oxygen atoms in total. The summed E-state index contributed by atoms with van der Waals surface area (Å²) in [7, 11) is 2.10. The van der Waals surface area contributed by atoms with Crippen LogP contribution in [0.5, 0.6) is 0 Å². The lowest BCUT2D eigenvalue weighted by molar-refractivity contribution is -0.128. The van der Waals surface area contributed by atoms with Gasteiger partial charge in [0, 0.05) is 11.6 Å². The van der Waals surface area contributed by atoms with Crippen LogP contribution >= 0.6 is 0 Å². The second kappa shape index (κ2) is 7.98. The van der Waals surface area contributed by atoms with Crippen molar-refractivity contribution < 1.29 is 9.32 Å². The number of carbonyl (C=O) groups excluding carboxylic acids is 1. The number of benzene rings is 2. The predicted octanol–water partition coefficient (Wildman–Crippen LogP) is 3.62. The van der Waals surface area contributed by atoms with Gasteiger partial charge in [-0.05, 0) is 38.5 Å². The second-order valence-electron chi connectivity index (χ2n) is 7.48. The van der Waals surface area contributed by atoms with Gasteiger partial charge in [-0.15, -0.1) is 0 Å². The zero-order valence-corrected chi connectivity index (χ0v) is 16.1. The van der Waals surface area contributed by atoms with Gasteiger partial charge in [0.15, 0.2) is 5.76 Å². The van der Waals surface area contributed by atoms with Gasteiger partial charge in [-0.25, -0.2) is 0 Å². The number of amides is 1. The normalized spacial score (nSPS) is 16.6. The lowest BCUT2D eigenvalue weighted by Gasteiger charge is -2.39. The summed E-state index contributed by atoms with van der Waals surface area (Å²) in [6, 6.07) is 21.9. The molecule has 0 aliphatic carbocycles. The van der Waals surface area contributed by atoms with Crippen LogP contribution in [0.1, 0.15) is 24.2 Å². The standard InChI is InChI=1S/C23H25N3O2/c1-26-14-12-23(13-15-26,19-10-6-3-7-11-19)22(27)24-17-20-16-21(25-28-20)18-8-4-2-5-9-18/h2-11,16H,12-15,17H2,1H3,(H,24,27). The fourth-order valence-corrected chi connectivity index (χ4v) is 3.88. The average Bonchev–Trinajstić information content (AvgIpc) is 3.23. The molecule has 0 radical (unpaired) electrons. The number of hydrogen-bond acceptors (Lipinski definition) is 4. The zero-order chi connectivity index (χ0) is 19.4. The minimum Gasteiger partial charge on any atom is -0.359 e. The summed E-state index contributed by atoms with van der Waals surface area (Å²) in [6.45, 7) is 2.15. The van der Waals surface area contributed by atoms with Crippen molar-refractivity contribution in [2.75, 3.05) is 20.1 Å².